The van der Waals surface area contributed by atoms with Crippen LogP contribution in [0.1, 0.15) is 12.5 Å². The van der Waals surface area contributed by atoms with Crippen molar-refractivity contribution in [2.45, 2.75) is 19.4 Å². The van der Waals surface area contributed by atoms with E-state index >= 15 is 0 Å². The highest BCUT2D eigenvalue weighted by Crippen LogP contribution is 2.37. The zero-order valence-corrected chi connectivity index (χ0v) is 16.5. The number of piperazine rings is 1. The van der Waals surface area contributed by atoms with Crippen LogP contribution in [0.15, 0.2) is 60.8 Å². The second-order valence-corrected chi connectivity index (χ2v) is 7.69. The third kappa shape index (κ3) is 3.28. The Hall–Kier alpha value is -3.15. The Morgan fingerprint density at radius 3 is 2.34 bits per heavy atom. The van der Waals surface area contributed by atoms with E-state index in [4.69, 9.17) is 4.98 Å². The minimum absolute atomic E-state index is 0.166. The molecule has 1 unspecified atom stereocenters. The molecule has 0 bridgehead atoms. The van der Waals surface area contributed by atoms with Gasteiger partial charge in [0.2, 0.25) is 5.95 Å². The van der Waals surface area contributed by atoms with Gasteiger partial charge in [0.1, 0.15) is 11.6 Å². The van der Waals surface area contributed by atoms with E-state index in [1.165, 1.54) is 17.3 Å². The van der Waals surface area contributed by atoms with Crippen LogP contribution in [0.2, 0.25) is 0 Å². The Morgan fingerprint density at radius 1 is 0.862 bits per heavy atom. The molecule has 2 aromatic carbocycles. The van der Waals surface area contributed by atoms with Crippen molar-refractivity contribution in [3.8, 4) is 0 Å². The largest absolute Gasteiger partial charge is 0.366 e. The van der Waals surface area contributed by atoms with E-state index in [0.717, 1.165) is 44.4 Å². The van der Waals surface area contributed by atoms with E-state index in [9.17, 15) is 4.39 Å². The number of anilines is 4. The van der Waals surface area contributed by atoms with Gasteiger partial charge in [0.25, 0.3) is 0 Å². The van der Waals surface area contributed by atoms with Gasteiger partial charge in [0.15, 0.2) is 0 Å². The Kier molecular flexibility index (Phi) is 4.54. The van der Waals surface area contributed by atoms with E-state index in [2.05, 4.69) is 50.9 Å². The normalized spacial score (nSPS) is 18.8. The number of halogens is 1. The highest BCUT2D eigenvalue weighted by Gasteiger charge is 2.28. The Bertz CT molecular complexity index is 1020. The molecule has 2 aliphatic heterocycles. The third-order valence-electron chi connectivity index (χ3n) is 5.84. The molecule has 0 N–H and O–H groups in total. The van der Waals surface area contributed by atoms with Gasteiger partial charge in [-0.2, -0.15) is 4.98 Å². The molecule has 0 saturated carbocycles. The summed E-state index contributed by atoms with van der Waals surface area (Å²) in [5, 5.41) is 0. The average molecular weight is 389 g/mol. The lowest BCUT2D eigenvalue weighted by molar-refractivity contribution is 0.594. The van der Waals surface area contributed by atoms with Gasteiger partial charge in [0.05, 0.1) is 5.69 Å². The number of fused-ring (bicyclic) bond motifs is 1. The van der Waals surface area contributed by atoms with Crippen LogP contribution in [0.5, 0.6) is 0 Å². The number of nitrogens with zero attached hydrogens (tertiary/aromatic N) is 5. The number of aromatic nitrogens is 2. The zero-order chi connectivity index (χ0) is 19.8. The molecule has 0 aliphatic carbocycles. The number of benzene rings is 2. The number of rotatable bonds is 3. The molecular weight excluding hydrogens is 365 g/mol. The van der Waals surface area contributed by atoms with Crippen molar-refractivity contribution in [1.29, 1.82) is 0 Å². The predicted molar refractivity (Wildman–Crippen MR) is 115 cm³/mol. The summed E-state index contributed by atoms with van der Waals surface area (Å²) in [4.78, 5) is 16.0. The molecule has 3 aromatic rings. The third-order valence-corrected chi connectivity index (χ3v) is 5.84. The van der Waals surface area contributed by atoms with Crippen LogP contribution in [-0.2, 0) is 6.42 Å². The number of hydrogen-bond donors (Lipinski definition) is 0. The SMILES string of the molecule is CC1Cc2ccccc2N1c1ccnc(N2CCN(c3ccccc3F)CC2)n1. The van der Waals surface area contributed by atoms with Crippen molar-refractivity contribution < 1.29 is 4.39 Å². The molecule has 0 radical (unpaired) electrons. The van der Waals surface area contributed by atoms with Gasteiger partial charge in [0, 0.05) is 44.1 Å². The van der Waals surface area contributed by atoms with Crippen molar-refractivity contribution >= 4 is 23.1 Å². The molecule has 1 aromatic heterocycles. The summed E-state index contributed by atoms with van der Waals surface area (Å²) >= 11 is 0. The Balaban J connectivity index is 1.35. The summed E-state index contributed by atoms with van der Waals surface area (Å²) in [6, 6.07) is 17.8. The van der Waals surface area contributed by atoms with Gasteiger partial charge >= 0.3 is 0 Å². The maximum atomic E-state index is 14.1. The summed E-state index contributed by atoms with van der Waals surface area (Å²) in [5.74, 6) is 1.51. The lowest BCUT2D eigenvalue weighted by Gasteiger charge is -2.36. The molecule has 5 rings (SSSR count). The topological polar surface area (TPSA) is 35.5 Å². The average Bonchev–Trinajstić information content (AvgIpc) is 3.10. The summed E-state index contributed by atoms with van der Waals surface area (Å²) in [7, 11) is 0. The fraction of sp³-hybridized carbons (Fsp3) is 0.304. The van der Waals surface area contributed by atoms with Crippen LogP contribution >= 0.6 is 0 Å². The van der Waals surface area contributed by atoms with Crippen LogP contribution in [0.3, 0.4) is 0 Å². The van der Waals surface area contributed by atoms with Gasteiger partial charge < -0.3 is 14.7 Å². The second-order valence-electron chi connectivity index (χ2n) is 7.69. The van der Waals surface area contributed by atoms with E-state index in [1.54, 1.807) is 6.07 Å². The van der Waals surface area contributed by atoms with Crippen molar-refractivity contribution in [2.24, 2.45) is 0 Å². The molecule has 6 heteroatoms. The minimum atomic E-state index is -0.166. The molecule has 1 saturated heterocycles. The molecule has 1 atom stereocenters. The first-order valence-electron chi connectivity index (χ1n) is 10.2. The van der Waals surface area contributed by atoms with E-state index in [1.807, 2.05) is 24.4 Å². The minimum Gasteiger partial charge on any atom is -0.366 e. The highest BCUT2D eigenvalue weighted by molar-refractivity contribution is 5.69. The molecule has 0 spiro atoms. The van der Waals surface area contributed by atoms with E-state index in [0.29, 0.717) is 11.7 Å². The second kappa shape index (κ2) is 7.35. The van der Waals surface area contributed by atoms with Gasteiger partial charge in [-0.1, -0.05) is 30.3 Å². The first kappa shape index (κ1) is 17.9. The van der Waals surface area contributed by atoms with E-state index in [-0.39, 0.29) is 5.82 Å². The zero-order valence-electron chi connectivity index (χ0n) is 16.5. The van der Waals surface area contributed by atoms with Crippen LogP contribution in [-0.4, -0.2) is 42.2 Å². The molecule has 5 nitrogen and oxygen atoms in total. The van der Waals surface area contributed by atoms with E-state index < -0.39 is 0 Å². The van der Waals surface area contributed by atoms with Crippen LogP contribution in [0.4, 0.5) is 27.5 Å². The molecule has 3 heterocycles. The number of hydrogen-bond acceptors (Lipinski definition) is 5. The van der Waals surface area contributed by atoms with Gasteiger partial charge in [-0.15, -0.1) is 0 Å². The predicted octanol–water partition coefficient (Wildman–Crippen LogP) is 4.03. The summed E-state index contributed by atoms with van der Waals surface area (Å²) in [5.41, 5.74) is 3.26. The highest BCUT2D eigenvalue weighted by atomic mass is 19.1. The maximum absolute atomic E-state index is 14.1. The fourth-order valence-corrected chi connectivity index (χ4v) is 4.40. The van der Waals surface area contributed by atoms with Crippen molar-refractivity contribution in [3.05, 3.63) is 72.2 Å². The summed E-state index contributed by atoms with van der Waals surface area (Å²) in [6.07, 6.45) is 2.87. The first-order valence-corrected chi connectivity index (χ1v) is 10.2. The smallest absolute Gasteiger partial charge is 0.227 e. The molecule has 29 heavy (non-hydrogen) atoms. The van der Waals surface area contributed by atoms with Crippen LogP contribution in [0, 0.1) is 5.82 Å². The molecule has 2 aliphatic rings. The lowest BCUT2D eigenvalue weighted by Crippen LogP contribution is -2.47. The van der Waals surface area contributed by atoms with Crippen molar-refractivity contribution in [1.82, 2.24) is 9.97 Å². The van der Waals surface area contributed by atoms with Gasteiger partial charge in [-0.25, -0.2) is 9.37 Å². The summed E-state index contributed by atoms with van der Waals surface area (Å²) < 4.78 is 14.1. The molecule has 0 amide bonds. The monoisotopic (exact) mass is 389 g/mol. The summed E-state index contributed by atoms with van der Waals surface area (Å²) in [6.45, 7) is 5.26. The fourth-order valence-electron chi connectivity index (χ4n) is 4.40. The number of para-hydroxylation sites is 2. The Labute approximate surface area is 170 Å². The quantitative estimate of drug-likeness (QED) is 0.676. The van der Waals surface area contributed by atoms with Crippen molar-refractivity contribution in [2.75, 3.05) is 40.9 Å². The molecule has 148 valence electrons. The lowest BCUT2D eigenvalue weighted by atomic mass is 10.1. The first-order chi connectivity index (χ1) is 14.2. The maximum Gasteiger partial charge on any atom is 0.227 e. The van der Waals surface area contributed by atoms with Crippen LogP contribution < -0.4 is 14.7 Å². The molecule has 1 fully saturated rings. The standard InChI is InChI=1S/C23H24FN5/c1-17-16-18-6-2-4-8-20(18)29(17)22-10-11-25-23(26-22)28-14-12-27(13-15-28)21-9-5-3-7-19(21)24/h2-11,17H,12-16H2,1H3. The molecular formula is C23H24FN5. The van der Waals surface area contributed by atoms with Gasteiger partial charge in [-0.3, -0.25) is 0 Å². The Morgan fingerprint density at radius 2 is 1.55 bits per heavy atom. The van der Waals surface area contributed by atoms with Crippen LogP contribution in [0.25, 0.3) is 0 Å². The van der Waals surface area contributed by atoms with Crippen molar-refractivity contribution in [3.63, 3.8) is 0 Å². The van der Waals surface area contributed by atoms with Gasteiger partial charge in [-0.05, 0) is 43.2 Å².